The molecule has 2 aliphatic rings. The summed E-state index contributed by atoms with van der Waals surface area (Å²) in [6.07, 6.45) is 4.76. The van der Waals surface area contributed by atoms with E-state index >= 15 is 0 Å². The second-order valence-electron chi connectivity index (χ2n) is 6.24. The van der Waals surface area contributed by atoms with Gasteiger partial charge in [-0.05, 0) is 30.4 Å². The molecule has 2 nitrogen and oxygen atoms in total. The van der Waals surface area contributed by atoms with Crippen molar-refractivity contribution >= 4 is 5.84 Å². The van der Waals surface area contributed by atoms with Crippen LogP contribution in [0.1, 0.15) is 48.9 Å². The van der Waals surface area contributed by atoms with Gasteiger partial charge >= 0.3 is 0 Å². The maximum Gasteiger partial charge on any atom is 0.0999 e. The van der Waals surface area contributed by atoms with E-state index in [2.05, 4.69) is 65.6 Å². The van der Waals surface area contributed by atoms with Gasteiger partial charge in [0.2, 0.25) is 0 Å². The predicted octanol–water partition coefficient (Wildman–Crippen LogP) is 4.76. The van der Waals surface area contributed by atoms with Crippen LogP contribution in [0.2, 0.25) is 0 Å². The van der Waals surface area contributed by atoms with Gasteiger partial charge in [-0.3, -0.25) is 4.99 Å². The minimum Gasteiger partial charge on any atom is -0.346 e. The molecule has 112 valence electrons. The first-order valence-electron chi connectivity index (χ1n) is 8.35. The Kier molecular flexibility index (Phi) is 3.67. The van der Waals surface area contributed by atoms with Gasteiger partial charge in [0.05, 0.1) is 17.9 Å². The lowest BCUT2D eigenvalue weighted by Crippen LogP contribution is -2.31. The van der Waals surface area contributed by atoms with Crippen molar-refractivity contribution in [3.63, 3.8) is 0 Å². The molecule has 2 heterocycles. The number of amidine groups is 1. The summed E-state index contributed by atoms with van der Waals surface area (Å²) in [5.74, 6) is 1.32. The first-order chi connectivity index (χ1) is 10.9. The molecule has 2 aromatic rings. The maximum atomic E-state index is 4.81. The molecule has 0 radical (unpaired) electrons. The molecule has 0 spiro atoms. The van der Waals surface area contributed by atoms with Crippen molar-refractivity contribution in [1.82, 2.24) is 4.90 Å². The molecule has 0 bridgehead atoms. The Hall–Kier alpha value is -2.09. The summed E-state index contributed by atoms with van der Waals surface area (Å²) in [5.41, 5.74) is 2.85. The minimum absolute atomic E-state index is 0.475. The van der Waals surface area contributed by atoms with Crippen molar-refractivity contribution in [1.29, 1.82) is 0 Å². The van der Waals surface area contributed by atoms with Crippen LogP contribution < -0.4 is 0 Å². The van der Waals surface area contributed by atoms with Crippen LogP contribution in [-0.4, -0.2) is 17.3 Å². The van der Waals surface area contributed by atoms with Crippen molar-refractivity contribution in [2.24, 2.45) is 4.99 Å². The summed E-state index contributed by atoms with van der Waals surface area (Å²) < 4.78 is 0. The van der Waals surface area contributed by atoms with Crippen molar-refractivity contribution < 1.29 is 0 Å². The number of hydrogen-bond donors (Lipinski definition) is 0. The molecule has 4 rings (SSSR count). The van der Waals surface area contributed by atoms with E-state index in [4.69, 9.17) is 4.99 Å². The zero-order chi connectivity index (χ0) is 14.8. The molecule has 2 heteroatoms. The average molecular weight is 290 g/mol. The molecule has 2 aromatic carbocycles. The SMILES string of the molecule is c1ccc([C@@H]2CC[C@@H](c3ccccc3)N2C2=NCCC2)cc1. The van der Waals surface area contributed by atoms with Crippen LogP contribution in [0.3, 0.4) is 0 Å². The Labute approximate surface area is 132 Å². The molecule has 0 unspecified atom stereocenters. The fraction of sp³-hybridized carbons (Fsp3) is 0.350. The summed E-state index contributed by atoms with van der Waals surface area (Å²) in [6.45, 7) is 0.995. The average Bonchev–Trinajstić information content (AvgIpc) is 3.25. The van der Waals surface area contributed by atoms with Gasteiger partial charge in [-0.2, -0.15) is 0 Å². The van der Waals surface area contributed by atoms with Crippen molar-refractivity contribution in [3.05, 3.63) is 71.8 Å². The third-order valence-corrected chi connectivity index (χ3v) is 4.90. The van der Waals surface area contributed by atoms with E-state index in [9.17, 15) is 0 Å². The molecular weight excluding hydrogens is 268 g/mol. The summed E-state index contributed by atoms with van der Waals surface area (Å²) in [4.78, 5) is 7.42. The van der Waals surface area contributed by atoms with E-state index in [-0.39, 0.29) is 0 Å². The molecule has 1 fully saturated rings. The van der Waals surface area contributed by atoms with Crippen LogP contribution in [0.25, 0.3) is 0 Å². The minimum atomic E-state index is 0.475. The second kappa shape index (κ2) is 5.96. The molecule has 0 saturated carbocycles. The first kappa shape index (κ1) is 13.6. The molecule has 2 atom stereocenters. The first-order valence-corrected chi connectivity index (χ1v) is 8.35. The number of likely N-dealkylation sites (tertiary alicyclic amines) is 1. The van der Waals surface area contributed by atoms with Crippen molar-refractivity contribution in [3.8, 4) is 0 Å². The van der Waals surface area contributed by atoms with Gasteiger partial charge in [0, 0.05) is 13.0 Å². The Balaban J connectivity index is 1.71. The quantitative estimate of drug-likeness (QED) is 0.778. The number of rotatable bonds is 2. The van der Waals surface area contributed by atoms with E-state index in [0.29, 0.717) is 12.1 Å². The smallest absolute Gasteiger partial charge is 0.0999 e. The Bertz CT molecular complexity index is 600. The van der Waals surface area contributed by atoms with Crippen LogP contribution >= 0.6 is 0 Å². The van der Waals surface area contributed by atoms with Crippen molar-refractivity contribution in [2.75, 3.05) is 6.54 Å². The normalized spacial score (nSPS) is 24.5. The highest BCUT2D eigenvalue weighted by molar-refractivity contribution is 5.85. The molecule has 0 N–H and O–H groups in total. The van der Waals surface area contributed by atoms with Crippen molar-refractivity contribution in [2.45, 2.75) is 37.8 Å². The maximum absolute atomic E-state index is 4.81. The van der Waals surface area contributed by atoms with Gasteiger partial charge in [-0.1, -0.05) is 60.7 Å². The zero-order valence-corrected chi connectivity index (χ0v) is 12.9. The van der Waals surface area contributed by atoms with Gasteiger partial charge in [-0.15, -0.1) is 0 Å². The van der Waals surface area contributed by atoms with E-state index < -0.39 is 0 Å². The van der Waals surface area contributed by atoms with E-state index in [1.807, 2.05) is 0 Å². The topological polar surface area (TPSA) is 15.6 Å². The number of aliphatic imine (C=N–C) groups is 1. The fourth-order valence-electron chi connectivity index (χ4n) is 3.91. The van der Waals surface area contributed by atoms with E-state index in [0.717, 1.165) is 13.0 Å². The molecule has 1 saturated heterocycles. The Morgan fingerprint density at radius 1 is 0.773 bits per heavy atom. The number of hydrogen-bond acceptors (Lipinski definition) is 2. The lowest BCUT2D eigenvalue weighted by Gasteiger charge is -2.33. The highest BCUT2D eigenvalue weighted by Gasteiger charge is 2.37. The van der Waals surface area contributed by atoms with Gasteiger partial charge in [-0.25, -0.2) is 0 Å². The number of nitrogens with zero attached hydrogens (tertiary/aromatic N) is 2. The van der Waals surface area contributed by atoms with Gasteiger partial charge in [0.1, 0.15) is 0 Å². The van der Waals surface area contributed by atoms with E-state index in [1.165, 1.54) is 36.2 Å². The summed E-state index contributed by atoms with van der Waals surface area (Å²) in [6, 6.07) is 22.8. The largest absolute Gasteiger partial charge is 0.346 e. The second-order valence-corrected chi connectivity index (χ2v) is 6.24. The number of benzene rings is 2. The Morgan fingerprint density at radius 2 is 1.32 bits per heavy atom. The third-order valence-electron chi connectivity index (χ3n) is 4.90. The zero-order valence-electron chi connectivity index (χ0n) is 12.9. The summed E-state index contributed by atoms with van der Waals surface area (Å²) in [7, 11) is 0. The van der Waals surface area contributed by atoms with Gasteiger partial charge in [0.25, 0.3) is 0 Å². The van der Waals surface area contributed by atoms with Crippen LogP contribution in [0.4, 0.5) is 0 Å². The van der Waals surface area contributed by atoms with Crippen LogP contribution in [0.15, 0.2) is 65.7 Å². The molecule has 0 aliphatic carbocycles. The summed E-state index contributed by atoms with van der Waals surface area (Å²) >= 11 is 0. The lowest BCUT2D eigenvalue weighted by atomic mass is 10.0. The van der Waals surface area contributed by atoms with Gasteiger partial charge < -0.3 is 4.90 Å². The summed E-state index contributed by atoms with van der Waals surface area (Å²) in [5, 5.41) is 0. The van der Waals surface area contributed by atoms with Gasteiger partial charge in [0.15, 0.2) is 0 Å². The molecular formula is C20H22N2. The lowest BCUT2D eigenvalue weighted by molar-refractivity contribution is 0.318. The molecule has 0 amide bonds. The van der Waals surface area contributed by atoms with E-state index in [1.54, 1.807) is 0 Å². The molecule has 0 aromatic heterocycles. The molecule has 22 heavy (non-hydrogen) atoms. The molecule has 2 aliphatic heterocycles. The van der Waals surface area contributed by atoms with Crippen LogP contribution in [-0.2, 0) is 0 Å². The monoisotopic (exact) mass is 290 g/mol. The fourth-order valence-corrected chi connectivity index (χ4v) is 3.91. The predicted molar refractivity (Wildman–Crippen MR) is 91.0 cm³/mol. The standard InChI is InChI=1S/C20H22N2/c1-3-8-16(9-4-1)18-13-14-19(17-10-5-2-6-11-17)22(18)20-12-7-15-21-20/h1-6,8-11,18-19H,7,12-15H2/t18-,19-/m0/s1. The third kappa shape index (κ3) is 2.43. The Morgan fingerprint density at radius 3 is 1.77 bits per heavy atom. The highest BCUT2D eigenvalue weighted by Crippen LogP contribution is 2.45. The van der Waals surface area contributed by atoms with Crippen LogP contribution in [0.5, 0.6) is 0 Å². The highest BCUT2D eigenvalue weighted by atomic mass is 15.3. The van der Waals surface area contributed by atoms with Crippen LogP contribution in [0, 0.1) is 0 Å².